The third-order valence-electron chi connectivity index (χ3n) is 3.10. The van der Waals surface area contributed by atoms with Crippen molar-refractivity contribution in [2.24, 2.45) is 11.8 Å². The first kappa shape index (κ1) is 11.6. The molecule has 4 unspecified atom stereocenters. The molecule has 1 N–H and O–H groups in total. The maximum Gasteiger partial charge on any atom is 0.0751 e. The second kappa shape index (κ2) is 3.96. The van der Waals surface area contributed by atoms with Crippen LogP contribution in [0.5, 0.6) is 0 Å². The first-order valence-electron chi connectivity index (χ1n) is 4.85. The lowest BCUT2D eigenvalue weighted by Gasteiger charge is -2.41. The van der Waals surface area contributed by atoms with Crippen LogP contribution in [0.1, 0.15) is 33.6 Å². The summed E-state index contributed by atoms with van der Waals surface area (Å²) in [5, 5.41) is 9.79. The number of aliphatic hydroxyl groups is 1. The molecule has 78 valence electrons. The van der Waals surface area contributed by atoms with Gasteiger partial charge in [-0.1, -0.05) is 6.92 Å². The number of hydrogen-bond donors (Lipinski definition) is 1. The highest BCUT2D eigenvalue weighted by molar-refractivity contribution is 6.24. The van der Waals surface area contributed by atoms with Gasteiger partial charge < -0.3 is 5.11 Å². The lowest BCUT2D eigenvalue weighted by Crippen LogP contribution is -2.46. The molecule has 13 heavy (non-hydrogen) atoms. The number of aliphatic hydroxyl groups excluding tert-OH is 1. The monoisotopic (exact) mass is 224 g/mol. The first-order valence-corrected chi connectivity index (χ1v) is 5.66. The third-order valence-corrected chi connectivity index (χ3v) is 4.07. The fraction of sp³-hybridized carbons (Fsp3) is 1.00. The number of hydrogen-bond acceptors (Lipinski definition) is 1. The zero-order valence-corrected chi connectivity index (χ0v) is 9.94. The van der Waals surface area contributed by atoms with Crippen LogP contribution in [0.4, 0.5) is 0 Å². The Labute approximate surface area is 90.4 Å². The van der Waals surface area contributed by atoms with Crippen molar-refractivity contribution in [1.29, 1.82) is 0 Å². The second-order valence-corrected chi connectivity index (χ2v) is 6.14. The van der Waals surface area contributed by atoms with Crippen LogP contribution in [0.15, 0.2) is 0 Å². The van der Waals surface area contributed by atoms with E-state index in [0.717, 1.165) is 12.8 Å². The van der Waals surface area contributed by atoms with Gasteiger partial charge in [0.05, 0.1) is 11.5 Å². The normalized spacial score (nSPS) is 42.0. The van der Waals surface area contributed by atoms with E-state index in [9.17, 15) is 5.11 Å². The molecule has 3 heteroatoms. The topological polar surface area (TPSA) is 20.2 Å². The summed E-state index contributed by atoms with van der Waals surface area (Å²) in [6.07, 6.45) is 1.58. The summed E-state index contributed by atoms with van der Waals surface area (Å²) in [6.45, 7) is 5.97. The highest BCUT2D eigenvalue weighted by Gasteiger charge is 2.41. The van der Waals surface area contributed by atoms with Crippen molar-refractivity contribution in [2.75, 3.05) is 0 Å². The summed E-state index contributed by atoms with van der Waals surface area (Å²) in [7, 11) is 0. The predicted molar refractivity (Wildman–Crippen MR) is 57.5 cm³/mol. The molecule has 0 heterocycles. The summed E-state index contributed by atoms with van der Waals surface area (Å²) < 4.78 is 0. The molecular formula is C10H18Cl2O. The lowest BCUT2D eigenvalue weighted by molar-refractivity contribution is 0.0377. The molecule has 1 fully saturated rings. The molecule has 4 atom stereocenters. The standard InChI is InChI=1S/C10H18Cl2O/c1-6-4-5-7(10(2,3)12)9(13)8(6)11/h6-9,13H,4-5H2,1-3H3. The molecule has 0 aromatic rings. The Bertz CT molecular complexity index is 176. The summed E-state index contributed by atoms with van der Waals surface area (Å²) in [5.41, 5.74) is 0. The Hall–Kier alpha value is 0.540. The maximum atomic E-state index is 9.93. The van der Waals surface area contributed by atoms with E-state index in [1.54, 1.807) is 0 Å². The van der Waals surface area contributed by atoms with Gasteiger partial charge in [-0.05, 0) is 32.6 Å². The Kier molecular flexibility index (Phi) is 3.54. The van der Waals surface area contributed by atoms with Gasteiger partial charge in [0.2, 0.25) is 0 Å². The quantitative estimate of drug-likeness (QED) is 0.680. The smallest absolute Gasteiger partial charge is 0.0751 e. The van der Waals surface area contributed by atoms with E-state index in [-0.39, 0.29) is 16.2 Å². The molecule has 0 saturated heterocycles. The van der Waals surface area contributed by atoms with Gasteiger partial charge in [0.25, 0.3) is 0 Å². The second-order valence-electron chi connectivity index (χ2n) is 4.66. The Morgan fingerprint density at radius 3 is 2.31 bits per heavy atom. The molecule has 1 rings (SSSR count). The van der Waals surface area contributed by atoms with Crippen LogP contribution in [-0.4, -0.2) is 21.5 Å². The van der Waals surface area contributed by atoms with Gasteiger partial charge in [0, 0.05) is 10.8 Å². The fourth-order valence-corrected chi connectivity index (χ4v) is 2.62. The van der Waals surface area contributed by atoms with Crippen LogP contribution in [0.25, 0.3) is 0 Å². The number of rotatable bonds is 1. The van der Waals surface area contributed by atoms with Crippen molar-refractivity contribution < 1.29 is 5.11 Å². The van der Waals surface area contributed by atoms with E-state index < -0.39 is 6.10 Å². The Morgan fingerprint density at radius 1 is 1.31 bits per heavy atom. The van der Waals surface area contributed by atoms with Crippen molar-refractivity contribution in [1.82, 2.24) is 0 Å². The molecule has 0 aromatic carbocycles. The van der Waals surface area contributed by atoms with Gasteiger partial charge in [-0.15, -0.1) is 23.2 Å². The van der Waals surface area contributed by atoms with Gasteiger partial charge in [0.15, 0.2) is 0 Å². The lowest BCUT2D eigenvalue weighted by atomic mass is 9.75. The van der Waals surface area contributed by atoms with Crippen LogP contribution in [0, 0.1) is 11.8 Å². The van der Waals surface area contributed by atoms with Gasteiger partial charge in [-0.25, -0.2) is 0 Å². The fourth-order valence-electron chi connectivity index (χ4n) is 2.08. The molecule has 0 bridgehead atoms. The van der Waals surface area contributed by atoms with Crippen LogP contribution in [-0.2, 0) is 0 Å². The summed E-state index contributed by atoms with van der Waals surface area (Å²) in [4.78, 5) is -0.354. The van der Waals surface area contributed by atoms with Crippen LogP contribution >= 0.6 is 23.2 Å². The van der Waals surface area contributed by atoms with Crippen molar-refractivity contribution in [3.8, 4) is 0 Å². The minimum Gasteiger partial charge on any atom is -0.391 e. The molecule has 1 nitrogen and oxygen atoms in total. The van der Waals surface area contributed by atoms with E-state index >= 15 is 0 Å². The number of alkyl halides is 2. The Balaban J connectivity index is 2.70. The zero-order valence-electron chi connectivity index (χ0n) is 8.43. The van der Waals surface area contributed by atoms with Gasteiger partial charge >= 0.3 is 0 Å². The highest BCUT2D eigenvalue weighted by atomic mass is 35.5. The highest BCUT2D eigenvalue weighted by Crippen LogP contribution is 2.40. The summed E-state index contributed by atoms with van der Waals surface area (Å²) in [6, 6.07) is 0. The average Bonchev–Trinajstić information content (AvgIpc) is 1.98. The minimum atomic E-state index is -0.460. The van der Waals surface area contributed by atoms with E-state index in [2.05, 4.69) is 6.92 Å². The maximum absolute atomic E-state index is 9.93. The van der Waals surface area contributed by atoms with Gasteiger partial charge in [0.1, 0.15) is 0 Å². The SMILES string of the molecule is CC1CCC(C(C)(C)Cl)C(O)C1Cl. The van der Waals surface area contributed by atoms with Crippen molar-refractivity contribution in [3.63, 3.8) is 0 Å². The molecule has 0 radical (unpaired) electrons. The number of halogens is 2. The molecule has 0 aromatic heterocycles. The van der Waals surface area contributed by atoms with Crippen LogP contribution in [0.2, 0.25) is 0 Å². The van der Waals surface area contributed by atoms with E-state index in [0.29, 0.717) is 5.92 Å². The molecule has 1 aliphatic carbocycles. The molecule has 0 amide bonds. The molecule has 1 aliphatic rings. The Morgan fingerprint density at radius 2 is 1.85 bits per heavy atom. The predicted octanol–water partition coefficient (Wildman–Crippen LogP) is 3.02. The van der Waals surface area contributed by atoms with Crippen LogP contribution in [0.3, 0.4) is 0 Å². The van der Waals surface area contributed by atoms with Crippen molar-refractivity contribution in [3.05, 3.63) is 0 Å². The van der Waals surface area contributed by atoms with E-state index in [1.165, 1.54) is 0 Å². The summed E-state index contributed by atoms with van der Waals surface area (Å²) in [5.74, 6) is 0.514. The van der Waals surface area contributed by atoms with Crippen LogP contribution < -0.4 is 0 Å². The first-order chi connectivity index (χ1) is 5.84. The zero-order chi connectivity index (χ0) is 10.2. The average molecular weight is 225 g/mol. The van der Waals surface area contributed by atoms with Gasteiger partial charge in [-0.3, -0.25) is 0 Å². The van der Waals surface area contributed by atoms with E-state index in [4.69, 9.17) is 23.2 Å². The molecule has 0 aliphatic heterocycles. The van der Waals surface area contributed by atoms with Crippen molar-refractivity contribution in [2.45, 2.75) is 50.0 Å². The van der Waals surface area contributed by atoms with E-state index in [1.807, 2.05) is 13.8 Å². The minimum absolute atomic E-state index is 0.118. The molecular weight excluding hydrogens is 207 g/mol. The van der Waals surface area contributed by atoms with Crippen molar-refractivity contribution >= 4 is 23.2 Å². The van der Waals surface area contributed by atoms with Gasteiger partial charge in [-0.2, -0.15) is 0 Å². The third kappa shape index (κ3) is 2.51. The largest absolute Gasteiger partial charge is 0.391 e. The molecule has 1 saturated carbocycles. The summed E-state index contributed by atoms with van der Waals surface area (Å²) >= 11 is 12.3. The molecule has 0 spiro atoms.